The molecule has 186 valence electrons. The third-order valence-electron chi connectivity index (χ3n) is 6.27. The highest BCUT2D eigenvalue weighted by atomic mass is 16.5. The van der Waals surface area contributed by atoms with Gasteiger partial charge in [0.25, 0.3) is 17.7 Å². The molecule has 0 saturated carbocycles. The Bertz CT molecular complexity index is 1270. The maximum absolute atomic E-state index is 13.1. The maximum atomic E-state index is 13.1. The largest absolute Gasteiger partial charge is 0.495 e. The number of amides is 3. The number of ether oxygens (including phenoxy) is 1. The number of hydrogen-bond donors (Lipinski definition) is 2. The Hall–Kier alpha value is -4.17. The highest BCUT2D eigenvalue weighted by Crippen LogP contribution is 2.28. The van der Waals surface area contributed by atoms with Crippen LogP contribution in [0, 0.1) is 6.92 Å². The van der Waals surface area contributed by atoms with Gasteiger partial charge >= 0.3 is 0 Å². The highest BCUT2D eigenvalue weighted by molar-refractivity contribution is 6.08. The van der Waals surface area contributed by atoms with Gasteiger partial charge in [-0.15, -0.1) is 0 Å². The first-order valence-corrected chi connectivity index (χ1v) is 11.8. The molecule has 0 spiro atoms. The van der Waals surface area contributed by atoms with Gasteiger partial charge in [-0.3, -0.25) is 14.4 Å². The summed E-state index contributed by atoms with van der Waals surface area (Å²) in [4.78, 5) is 42.8. The molecule has 1 aliphatic rings. The van der Waals surface area contributed by atoms with Crippen molar-refractivity contribution in [2.75, 3.05) is 51.0 Å². The van der Waals surface area contributed by atoms with Gasteiger partial charge in [-0.1, -0.05) is 24.3 Å². The Morgan fingerprint density at radius 3 is 2.06 bits per heavy atom. The summed E-state index contributed by atoms with van der Waals surface area (Å²) in [5, 5.41) is 5.73. The number of benzene rings is 3. The van der Waals surface area contributed by atoms with E-state index in [1.54, 1.807) is 60.7 Å². The van der Waals surface area contributed by atoms with Crippen LogP contribution in [0.5, 0.6) is 5.75 Å². The average molecular weight is 487 g/mol. The molecular weight excluding hydrogens is 456 g/mol. The van der Waals surface area contributed by atoms with Crippen LogP contribution in [0.1, 0.15) is 36.6 Å². The molecule has 0 atom stereocenters. The Morgan fingerprint density at radius 2 is 1.36 bits per heavy atom. The molecule has 4 rings (SSSR count). The second-order valence-corrected chi connectivity index (χ2v) is 8.81. The highest BCUT2D eigenvalue weighted by Gasteiger charge is 2.22. The molecule has 8 heteroatoms. The molecule has 1 fully saturated rings. The number of rotatable bonds is 6. The first-order valence-electron chi connectivity index (χ1n) is 11.8. The number of methoxy groups -OCH3 is 1. The lowest BCUT2D eigenvalue weighted by molar-refractivity contribution is 0.0663. The molecule has 0 unspecified atom stereocenters. The van der Waals surface area contributed by atoms with E-state index < -0.39 is 0 Å². The molecule has 0 radical (unpaired) electrons. The number of aryl methyl sites for hydroxylation is 1. The normalized spacial score (nSPS) is 13.7. The van der Waals surface area contributed by atoms with Crippen LogP contribution in [0.15, 0.2) is 66.7 Å². The first kappa shape index (κ1) is 24.9. The Balaban J connectivity index is 1.52. The van der Waals surface area contributed by atoms with Crippen LogP contribution in [0.3, 0.4) is 0 Å². The van der Waals surface area contributed by atoms with E-state index >= 15 is 0 Å². The Kier molecular flexibility index (Phi) is 7.65. The third kappa shape index (κ3) is 5.72. The van der Waals surface area contributed by atoms with Crippen LogP contribution in [-0.4, -0.2) is 67.9 Å². The number of likely N-dealkylation sites (N-methyl/N-ethyl adjacent to an activating group) is 1. The van der Waals surface area contributed by atoms with E-state index in [0.717, 1.165) is 18.7 Å². The summed E-state index contributed by atoms with van der Waals surface area (Å²) >= 11 is 0. The molecule has 1 saturated heterocycles. The lowest BCUT2D eigenvalue weighted by atomic mass is 10.1. The fraction of sp³-hybridized carbons (Fsp3) is 0.250. The second-order valence-electron chi connectivity index (χ2n) is 8.81. The van der Waals surface area contributed by atoms with Crippen molar-refractivity contribution in [2.24, 2.45) is 0 Å². The zero-order valence-electron chi connectivity index (χ0n) is 20.7. The Morgan fingerprint density at radius 1 is 0.750 bits per heavy atom. The van der Waals surface area contributed by atoms with Gasteiger partial charge in [0.05, 0.1) is 12.8 Å². The van der Waals surface area contributed by atoms with E-state index in [4.69, 9.17) is 4.74 Å². The summed E-state index contributed by atoms with van der Waals surface area (Å²) in [6.45, 7) is 4.82. The zero-order valence-corrected chi connectivity index (χ0v) is 20.7. The fourth-order valence-electron chi connectivity index (χ4n) is 4.01. The van der Waals surface area contributed by atoms with Gasteiger partial charge in [0.1, 0.15) is 5.75 Å². The van der Waals surface area contributed by atoms with Gasteiger partial charge in [0.15, 0.2) is 0 Å². The summed E-state index contributed by atoms with van der Waals surface area (Å²) in [7, 11) is 3.54. The number of carbonyl (C=O) groups excluding carboxylic acids is 3. The van der Waals surface area contributed by atoms with E-state index in [9.17, 15) is 14.4 Å². The lowest BCUT2D eigenvalue weighted by Gasteiger charge is -2.32. The number of carbonyl (C=O) groups is 3. The van der Waals surface area contributed by atoms with Crippen molar-refractivity contribution in [1.29, 1.82) is 0 Å². The van der Waals surface area contributed by atoms with Gasteiger partial charge in [-0.05, 0) is 62.0 Å². The van der Waals surface area contributed by atoms with Crippen LogP contribution < -0.4 is 15.4 Å². The minimum Gasteiger partial charge on any atom is -0.495 e. The molecule has 0 aliphatic carbocycles. The molecule has 3 aromatic carbocycles. The molecule has 8 nitrogen and oxygen atoms in total. The summed E-state index contributed by atoms with van der Waals surface area (Å²) in [5.74, 6) is -0.272. The van der Waals surface area contributed by atoms with Crippen molar-refractivity contribution in [2.45, 2.75) is 6.92 Å². The standard InChI is InChI=1S/C28H30N4O4/c1-19-9-10-21(17-23(19)29-26(33)20-7-5-4-6-8-20)27(34)30-24-18-22(11-12-25(24)36-3)28(35)32-15-13-31(2)14-16-32/h4-12,17-18H,13-16H2,1-3H3,(H,29,33)(H,30,34). The van der Waals surface area contributed by atoms with Crippen molar-refractivity contribution >= 4 is 29.1 Å². The third-order valence-corrected chi connectivity index (χ3v) is 6.27. The molecular formula is C28H30N4O4. The SMILES string of the molecule is COc1ccc(C(=O)N2CCN(C)CC2)cc1NC(=O)c1ccc(C)c(NC(=O)c2ccccc2)c1. The van der Waals surface area contributed by atoms with Gasteiger partial charge < -0.3 is 25.2 Å². The van der Waals surface area contributed by atoms with Gasteiger partial charge in [0.2, 0.25) is 0 Å². The molecule has 0 bridgehead atoms. The number of hydrogen-bond acceptors (Lipinski definition) is 5. The van der Waals surface area contributed by atoms with Crippen LogP contribution in [0.4, 0.5) is 11.4 Å². The second kappa shape index (κ2) is 11.0. The van der Waals surface area contributed by atoms with Crippen molar-refractivity contribution in [3.05, 3.63) is 89.0 Å². The monoisotopic (exact) mass is 486 g/mol. The number of anilines is 2. The molecule has 1 aliphatic heterocycles. The fourth-order valence-corrected chi connectivity index (χ4v) is 4.01. The molecule has 36 heavy (non-hydrogen) atoms. The van der Waals surface area contributed by atoms with Crippen LogP contribution in [0.25, 0.3) is 0 Å². The summed E-state index contributed by atoms with van der Waals surface area (Å²) in [6.07, 6.45) is 0. The number of nitrogens with zero attached hydrogens (tertiary/aromatic N) is 2. The number of piperazine rings is 1. The van der Waals surface area contributed by atoms with Crippen molar-refractivity contribution in [3.8, 4) is 5.75 Å². The van der Waals surface area contributed by atoms with E-state index in [-0.39, 0.29) is 17.7 Å². The average Bonchev–Trinajstić information content (AvgIpc) is 2.90. The van der Waals surface area contributed by atoms with E-state index in [2.05, 4.69) is 15.5 Å². The topological polar surface area (TPSA) is 91.0 Å². The quantitative estimate of drug-likeness (QED) is 0.552. The molecule has 1 heterocycles. The lowest BCUT2D eigenvalue weighted by Crippen LogP contribution is -2.47. The van der Waals surface area contributed by atoms with Gasteiger partial charge in [-0.25, -0.2) is 0 Å². The van der Waals surface area contributed by atoms with Crippen molar-refractivity contribution in [1.82, 2.24) is 9.80 Å². The van der Waals surface area contributed by atoms with Crippen LogP contribution in [-0.2, 0) is 0 Å². The zero-order chi connectivity index (χ0) is 25.7. The van der Waals surface area contributed by atoms with Gasteiger partial charge in [0, 0.05) is 48.6 Å². The maximum Gasteiger partial charge on any atom is 0.255 e. The summed E-state index contributed by atoms with van der Waals surface area (Å²) < 4.78 is 5.42. The molecule has 0 aromatic heterocycles. The van der Waals surface area contributed by atoms with Crippen LogP contribution >= 0.6 is 0 Å². The predicted octanol–water partition coefficient (Wildman–Crippen LogP) is 3.90. The van der Waals surface area contributed by atoms with Crippen LogP contribution in [0.2, 0.25) is 0 Å². The van der Waals surface area contributed by atoms with Gasteiger partial charge in [-0.2, -0.15) is 0 Å². The minimum absolute atomic E-state index is 0.0810. The summed E-state index contributed by atoms with van der Waals surface area (Å²) in [5.41, 5.74) is 3.14. The minimum atomic E-state index is -0.382. The molecule has 2 N–H and O–H groups in total. The van der Waals surface area contributed by atoms with Crippen molar-refractivity contribution in [3.63, 3.8) is 0 Å². The smallest absolute Gasteiger partial charge is 0.255 e. The van der Waals surface area contributed by atoms with E-state index in [1.165, 1.54) is 7.11 Å². The predicted molar refractivity (Wildman–Crippen MR) is 140 cm³/mol. The van der Waals surface area contributed by atoms with E-state index in [1.807, 2.05) is 24.9 Å². The number of nitrogens with one attached hydrogen (secondary N) is 2. The first-order chi connectivity index (χ1) is 17.4. The summed E-state index contributed by atoms with van der Waals surface area (Å²) in [6, 6.07) is 19.0. The molecule has 3 aromatic rings. The Labute approximate surface area is 210 Å². The molecule has 3 amide bonds. The van der Waals surface area contributed by atoms with E-state index in [0.29, 0.717) is 46.9 Å². The van der Waals surface area contributed by atoms with Crippen molar-refractivity contribution < 1.29 is 19.1 Å².